The normalized spacial score (nSPS) is 10.9. The maximum Gasteiger partial charge on any atom is 0.269 e. The quantitative estimate of drug-likeness (QED) is 0.441. The van der Waals surface area contributed by atoms with Crippen molar-refractivity contribution >= 4 is 28.6 Å². The van der Waals surface area contributed by atoms with Crippen LogP contribution in [-0.4, -0.2) is 17.0 Å². The fraction of sp³-hybridized carbons (Fsp3) is 0.0526. The van der Waals surface area contributed by atoms with Crippen LogP contribution < -0.4 is 5.43 Å². The summed E-state index contributed by atoms with van der Waals surface area (Å²) >= 11 is 0. The van der Waals surface area contributed by atoms with E-state index in [1.807, 2.05) is 42.5 Å². The molecule has 0 aliphatic rings. The lowest BCUT2D eigenvalue weighted by atomic mass is 10.1. The van der Waals surface area contributed by atoms with Crippen molar-refractivity contribution in [1.82, 2.24) is 5.43 Å². The van der Waals surface area contributed by atoms with Crippen molar-refractivity contribution in [3.63, 3.8) is 0 Å². The Balaban J connectivity index is 1.63. The molecule has 0 saturated carbocycles. The maximum absolute atomic E-state index is 11.9. The van der Waals surface area contributed by atoms with Crippen molar-refractivity contribution in [1.29, 1.82) is 0 Å². The number of hydrogen-bond donors (Lipinski definition) is 1. The van der Waals surface area contributed by atoms with Crippen LogP contribution in [0.15, 0.2) is 71.8 Å². The Labute approximate surface area is 143 Å². The molecule has 1 amide bonds. The highest BCUT2D eigenvalue weighted by atomic mass is 16.6. The molecule has 6 heteroatoms. The van der Waals surface area contributed by atoms with E-state index in [2.05, 4.69) is 10.5 Å². The first-order valence-corrected chi connectivity index (χ1v) is 7.66. The highest BCUT2D eigenvalue weighted by Gasteiger charge is 2.06. The zero-order chi connectivity index (χ0) is 17.6. The summed E-state index contributed by atoms with van der Waals surface area (Å²) in [7, 11) is 0. The van der Waals surface area contributed by atoms with E-state index in [0.717, 1.165) is 16.3 Å². The van der Waals surface area contributed by atoms with Gasteiger partial charge < -0.3 is 0 Å². The van der Waals surface area contributed by atoms with Crippen molar-refractivity contribution < 1.29 is 9.72 Å². The fourth-order valence-electron chi connectivity index (χ4n) is 2.50. The Morgan fingerprint density at radius 1 is 1.04 bits per heavy atom. The molecule has 3 aromatic carbocycles. The third-order valence-corrected chi connectivity index (χ3v) is 3.73. The van der Waals surface area contributed by atoms with Gasteiger partial charge in [0, 0.05) is 17.7 Å². The summed E-state index contributed by atoms with van der Waals surface area (Å²) in [6, 6.07) is 19.7. The SMILES string of the molecule is O=C(Cc1ccc([N+](=O)[O-])cc1)N/N=C\c1cccc2ccccc12. The van der Waals surface area contributed by atoms with Gasteiger partial charge in [-0.15, -0.1) is 0 Å². The lowest BCUT2D eigenvalue weighted by Gasteiger charge is -2.02. The maximum atomic E-state index is 11.9. The standard InChI is InChI=1S/C19H15N3O3/c23-19(12-14-8-10-17(11-9-14)22(24)25)21-20-13-16-6-3-5-15-4-1-2-7-18(15)16/h1-11,13H,12H2,(H,21,23)/b20-13-. The third kappa shape index (κ3) is 4.06. The summed E-state index contributed by atoms with van der Waals surface area (Å²) in [5.74, 6) is -0.287. The predicted octanol–water partition coefficient (Wildman–Crippen LogP) is 3.44. The number of carbonyl (C=O) groups excluding carboxylic acids is 1. The van der Waals surface area contributed by atoms with E-state index in [1.165, 1.54) is 12.1 Å². The van der Waals surface area contributed by atoms with Crippen LogP contribution in [0.1, 0.15) is 11.1 Å². The Hall–Kier alpha value is -3.54. The molecule has 0 aliphatic heterocycles. The van der Waals surface area contributed by atoms with Gasteiger partial charge in [-0.05, 0) is 16.3 Å². The topological polar surface area (TPSA) is 84.6 Å². The molecule has 0 spiro atoms. The van der Waals surface area contributed by atoms with Gasteiger partial charge in [-0.2, -0.15) is 5.10 Å². The van der Waals surface area contributed by atoms with Crippen LogP contribution in [0.5, 0.6) is 0 Å². The first-order chi connectivity index (χ1) is 12.1. The molecule has 3 rings (SSSR count). The molecule has 0 aromatic heterocycles. The molecule has 0 bridgehead atoms. The number of nitro groups is 1. The van der Waals surface area contributed by atoms with Gasteiger partial charge in [0.2, 0.25) is 5.91 Å². The number of nitro benzene ring substituents is 1. The third-order valence-electron chi connectivity index (χ3n) is 3.73. The molecule has 0 fully saturated rings. The first kappa shape index (κ1) is 16.3. The van der Waals surface area contributed by atoms with Crippen molar-refractivity contribution in [2.24, 2.45) is 5.10 Å². The first-order valence-electron chi connectivity index (χ1n) is 7.66. The molecule has 0 heterocycles. The average molecular weight is 333 g/mol. The lowest BCUT2D eigenvalue weighted by molar-refractivity contribution is -0.384. The second-order valence-electron chi connectivity index (χ2n) is 5.46. The van der Waals surface area contributed by atoms with Crippen molar-refractivity contribution in [2.75, 3.05) is 0 Å². The van der Waals surface area contributed by atoms with Crippen molar-refractivity contribution in [3.8, 4) is 0 Å². The zero-order valence-corrected chi connectivity index (χ0v) is 13.3. The average Bonchev–Trinajstić information content (AvgIpc) is 2.62. The van der Waals surface area contributed by atoms with E-state index in [1.54, 1.807) is 18.3 Å². The minimum absolute atomic E-state index is 0.00173. The smallest absolute Gasteiger partial charge is 0.269 e. The fourth-order valence-corrected chi connectivity index (χ4v) is 2.50. The van der Waals surface area contributed by atoms with Crippen LogP contribution in [0.4, 0.5) is 5.69 Å². The van der Waals surface area contributed by atoms with Gasteiger partial charge >= 0.3 is 0 Å². The lowest BCUT2D eigenvalue weighted by Crippen LogP contribution is -2.19. The van der Waals surface area contributed by atoms with Crippen LogP contribution >= 0.6 is 0 Å². The molecular formula is C19H15N3O3. The summed E-state index contributed by atoms with van der Waals surface area (Å²) in [5.41, 5.74) is 4.07. The van der Waals surface area contributed by atoms with Gasteiger partial charge in [-0.1, -0.05) is 54.6 Å². The second-order valence-corrected chi connectivity index (χ2v) is 5.46. The monoisotopic (exact) mass is 333 g/mol. The number of hydrogen-bond acceptors (Lipinski definition) is 4. The Morgan fingerprint density at radius 2 is 1.76 bits per heavy atom. The summed E-state index contributed by atoms with van der Waals surface area (Å²) in [6.07, 6.45) is 1.71. The van der Waals surface area contributed by atoms with Gasteiger partial charge in [0.05, 0.1) is 17.6 Å². The number of benzene rings is 3. The number of amides is 1. The van der Waals surface area contributed by atoms with Gasteiger partial charge in [-0.3, -0.25) is 14.9 Å². The van der Waals surface area contributed by atoms with Crippen LogP contribution in [0.2, 0.25) is 0 Å². The largest absolute Gasteiger partial charge is 0.273 e. The zero-order valence-electron chi connectivity index (χ0n) is 13.3. The van der Waals surface area contributed by atoms with E-state index in [-0.39, 0.29) is 18.0 Å². The second kappa shape index (κ2) is 7.35. The number of non-ortho nitro benzene ring substituents is 1. The summed E-state index contributed by atoms with van der Waals surface area (Å²) in [4.78, 5) is 22.1. The molecule has 0 radical (unpaired) electrons. The van der Waals surface area contributed by atoms with E-state index < -0.39 is 4.92 Å². The van der Waals surface area contributed by atoms with Crippen molar-refractivity contribution in [2.45, 2.75) is 6.42 Å². The predicted molar refractivity (Wildman–Crippen MR) is 96.5 cm³/mol. The summed E-state index contributed by atoms with van der Waals surface area (Å²) in [6.45, 7) is 0. The van der Waals surface area contributed by atoms with Crippen LogP contribution in [0.25, 0.3) is 10.8 Å². The number of rotatable bonds is 5. The van der Waals surface area contributed by atoms with Crippen LogP contribution in [0, 0.1) is 10.1 Å². The van der Waals surface area contributed by atoms with Gasteiger partial charge in [0.15, 0.2) is 0 Å². The highest BCUT2D eigenvalue weighted by Crippen LogP contribution is 2.16. The molecule has 0 atom stereocenters. The highest BCUT2D eigenvalue weighted by molar-refractivity contribution is 5.99. The molecule has 3 aromatic rings. The number of fused-ring (bicyclic) bond motifs is 1. The Morgan fingerprint density at radius 3 is 2.52 bits per heavy atom. The number of hydrazone groups is 1. The molecule has 1 N–H and O–H groups in total. The number of nitrogens with one attached hydrogen (secondary N) is 1. The minimum Gasteiger partial charge on any atom is -0.273 e. The van der Waals surface area contributed by atoms with Crippen LogP contribution in [0.3, 0.4) is 0 Å². The van der Waals surface area contributed by atoms with E-state index in [9.17, 15) is 14.9 Å². The number of carbonyl (C=O) groups is 1. The van der Waals surface area contributed by atoms with Crippen molar-refractivity contribution in [3.05, 3.63) is 88.0 Å². The summed E-state index contributed by atoms with van der Waals surface area (Å²) in [5, 5.41) is 16.8. The van der Waals surface area contributed by atoms with E-state index in [0.29, 0.717) is 5.56 Å². The van der Waals surface area contributed by atoms with E-state index in [4.69, 9.17) is 0 Å². The molecular weight excluding hydrogens is 318 g/mol. The Kier molecular flexibility index (Phi) is 4.80. The van der Waals surface area contributed by atoms with Crippen LogP contribution in [-0.2, 0) is 11.2 Å². The molecule has 0 aliphatic carbocycles. The Bertz CT molecular complexity index is 944. The number of nitrogens with zero attached hydrogens (tertiary/aromatic N) is 2. The minimum atomic E-state index is -0.474. The molecule has 124 valence electrons. The van der Waals surface area contributed by atoms with Gasteiger partial charge in [0.1, 0.15) is 0 Å². The van der Waals surface area contributed by atoms with Gasteiger partial charge in [-0.25, -0.2) is 5.43 Å². The van der Waals surface area contributed by atoms with Gasteiger partial charge in [0.25, 0.3) is 5.69 Å². The summed E-state index contributed by atoms with van der Waals surface area (Å²) < 4.78 is 0. The molecule has 0 unspecified atom stereocenters. The van der Waals surface area contributed by atoms with E-state index >= 15 is 0 Å². The molecule has 6 nitrogen and oxygen atoms in total. The molecule has 0 saturated heterocycles. The molecule has 25 heavy (non-hydrogen) atoms.